The summed E-state index contributed by atoms with van der Waals surface area (Å²) < 4.78 is 26.9. The Balaban J connectivity index is 2.67. The lowest BCUT2D eigenvalue weighted by molar-refractivity contribution is -0.387. The molecule has 0 fully saturated rings. The molecule has 23 heavy (non-hydrogen) atoms. The molecule has 0 saturated carbocycles. The fourth-order valence-electron chi connectivity index (χ4n) is 2.30. The molecule has 0 amide bonds. The molecule has 0 aliphatic heterocycles. The Kier molecular flexibility index (Phi) is 4.97. The average Bonchev–Trinajstić information content (AvgIpc) is 2.52. The van der Waals surface area contributed by atoms with Gasteiger partial charge in [-0.2, -0.15) is 0 Å². The predicted octanol–water partition coefficient (Wildman–Crippen LogP) is 2.09. The lowest BCUT2D eigenvalue weighted by Gasteiger charge is -2.24. The van der Waals surface area contributed by atoms with Crippen LogP contribution in [0.15, 0.2) is 53.4 Å². The summed E-state index contributed by atoms with van der Waals surface area (Å²) in [6, 6.07) is 12.3. The van der Waals surface area contributed by atoms with Crippen molar-refractivity contribution < 1.29 is 18.4 Å². The van der Waals surface area contributed by atoms with E-state index < -0.39 is 27.2 Å². The van der Waals surface area contributed by atoms with E-state index in [0.717, 1.165) is 10.4 Å². The van der Waals surface area contributed by atoms with Crippen molar-refractivity contribution in [1.29, 1.82) is 0 Å². The lowest BCUT2D eigenvalue weighted by atomic mass is 10.2. The van der Waals surface area contributed by atoms with Gasteiger partial charge in [0, 0.05) is 6.07 Å². The third kappa shape index (κ3) is 3.33. The highest BCUT2D eigenvalue weighted by molar-refractivity contribution is 7.93. The number of para-hydroxylation sites is 1. The molecule has 122 valence electrons. The summed E-state index contributed by atoms with van der Waals surface area (Å²) in [6.45, 7) is 0.896. The number of sulfonamides is 1. The largest absolute Gasteiger partial charge is 0.394 e. The normalized spacial score (nSPS) is 11.2. The maximum Gasteiger partial charge on any atom is 0.290 e. The van der Waals surface area contributed by atoms with E-state index in [9.17, 15) is 23.6 Å². The van der Waals surface area contributed by atoms with E-state index in [1.165, 1.54) is 19.1 Å². The van der Waals surface area contributed by atoms with E-state index in [1.54, 1.807) is 30.3 Å². The molecular formula is C15H16N2O5S. The molecule has 2 aromatic carbocycles. The number of aliphatic hydroxyl groups excluding tert-OH is 1. The van der Waals surface area contributed by atoms with Crippen LogP contribution in [0.5, 0.6) is 0 Å². The van der Waals surface area contributed by atoms with Gasteiger partial charge in [0.25, 0.3) is 15.7 Å². The number of anilines is 1. The molecule has 0 aliphatic carbocycles. The minimum absolute atomic E-state index is 0.197. The summed E-state index contributed by atoms with van der Waals surface area (Å²) in [7, 11) is -4.19. The number of hydrogen-bond donors (Lipinski definition) is 1. The van der Waals surface area contributed by atoms with Crippen molar-refractivity contribution in [2.75, 3.05) is 17.5 Å². The van der Waals surface area contributed by atoms with Gasteiger partial charge in [-0.15, -0.1) is 0 Å². The van der Waals surface area contributed by atoms with Gasteiger partial charge in [-0.05, 0) is 24.6 Å². The second-order valence-corrected chi connectivity index (χ2v) is 6.62. The molecule has 0 bridgehead atoms. The first kappa shape index (κ1) is 16.9. The molecule has 0 heterocycles. The van der Waals surface area contributed by atoms with Gasteiger partial charge >= 0.3 is 0 Å². The lowest BCUT2D eigenvalue weighted by Crippen LogP contribution is -2.34. The third-order valence-electron chi connectivity index (χ3n) is 3.28. The minimum atomic E-state index is -4.19. The van der Waals surface area contributed by atoms with Crippen LogP contribution in [0.4, 0.5) is 11.4 Å². The highest BCUT2D eigenvalue weighted by Gasteiger charge is 2.33. The minimum Gasteiger partial charge on any atom is -0.394 e. The van der Waals surface area contributed by atoms with Crippen molar-refractivity contribution in [2.45, 2.75) is 11.8 Å². The molecule has 0 aromatic heterocycles. The summed E-state index contributed by atoms with van der Waals surface area (Å²) in [4.78, 5) is 10.1. The number of aryl methyl sites for hydroxylation is 1. The maximum atomic E-state index is 13.0. The summed E-state index contributed by atoms with van der Waals surface area (Å²) >= 11 is 0. The number of nitro benzene ring substituents is 1. The van der Waals surface area contributed by atoms with Gasteiger partial charge in [-0.3, -0.25) is 14.4 Å². The molecule has 2 aromatic rings. The van der Waals surface area contributed by atoms with Crippen LogP contribution in [-0.4, -0.2) is 31.6 Å². The monoisotopic (exact) mass is 336 g/mol. The van der Waals surface area contributed by atoms with Crippen molar-refractivity contribution in [3.8, 4) is 0 Å². The van der Waals surface area contributed by atoms with Crippen LogP contribution >= 0.6 is 0 Å². The topological polar surface area (TPSA) is 101 Å². The van der Waals surface area contributed by atoms with Gasteiger partial charge in [-0.25, -0.2) is 8.42 Å². The maximum absolute atomic E-state index is 13.0. The van der Waals surface area contributed by atoms with Crippen molar-refractivity contribution in [1.82, 2.24) is 0 Å². The first-order chi connectivity index (χ1) is 10.9. The van der Waals surface area contributed by atoms with Gasteiger partial charge in [0.2, 0.25) is 0 Å². The van der Waals surface area contributed by atoms with Crippen LogP contribution in [0.1, 0.15) is 5.56 Å². The Hall–Kier alpha value is -2.45. The number of nitrogens with zero attached hydrogens (tertiary/aromatic N) is 2. The number of nitro groups is 1. The first-order valence-electron chi connectivity index (χ1n) is 6.82. The Morgan fingerprint density at radius 2 is 1.78 bits per heavy atom. The van der Waals surface area contributed by atoms with E-state index in [2.05, 4.69) is 0 Å². The summed E-state index contributed by atoms with van der Waals surface area (Å²) in [5.41, 5.74) is 0.126. The fourth-order valence-corrected chi connectivity index (χ4v) is 4.12. The predicted molar refractivity (Wildman–Crippen MR) is 85.9 cm³/mol. The van der Waals surface area contributed by atoms with Gasteiger partial charge in [0.15, 0.2) is 4.90 Å². The van der Waals surface area contributed by atoms with Crippen LogP contribution < -0.4 is 4.31 Å². The fraction of sp³-hybridized carbons (Fsp3) is 0.200. The van der Waals surface area contributed by atoms with Crippen LogP contribution in [0.2, 0.25) is 0 Å². The zero-order chi connectivity index (χ0) is 17.0. The molecule has 0 aliphatic rings. The Bertz CT molecular complexity index is 806. The van der Waals surface area contributed by atoms with Crippen molar-refractivity contribution in [3.05, 3.63) is 64.2 Å². The van der Waals surface area contributed by atoms with E-state index in [0.29, 0.717) is 5.69 Å². The second kappa shape index (κ2) is 6.76. The first-order valence-corrected chi connectivity index (χ1v) is 8.26. The molecule has 0 atom stereocenters. The van der Waals surface area contributed by atoms with Crippen LogP contribution in [0.3, 0.4) is 0 Å². The quantitative estimate of drug-likeness (QED) is 0.643. The molecule has 0 saturated heterocycles. The van der Waals surface area contributed by atoms with Gasteiger partial charge < -0.3 is 5.11 Å². The van der Waals surface area contributed by atoms with Gasteiger partial charge in [0.1, 0.15) is 0 Å². The average molecular weight is 336 g/mol. The summed E-state index contributed by atoms with van der Waals surface area (Å²) in [5.74, 6) is 0. The molecule has 1 N–H and O–H groups in total. The van der Waals surface area contributed by atoms with Gasteiger partial charge in [-0.1, -0.05) is 30.3 Å². The molecule has 7 nitrogen and oxygen atoms in total. The van der Waals surface area contributed by atoms with Crippen molar-refractivity contribution >= 4 is 21.4 Å². The molecule has 0 unspecified atom stereocenters. The number of hydrogen-bond acceptors (Lipinski definition) is 5. The molecular weight excluding hydrogens is 320 g/mol. The van der Waals surface area contributed by atoms with Crippen LogP contribution in [-0.2, 0) is 10.0 Å². The van der Waals surface area contributed by atoms with E-state index in [-0.39, 0.29) is 17.0 Å². The summed E-state index contributed by atoms with van der Waals surface area (Å²) in [6.07, 6.45) is 0. The number of aliphatic hydroxyl groups is 1. The van der Waals surface area contributed by atoms with E-state index in [4.69, 9.17) is 0 Å². The molecule has 0 spiro atoms. The Morgan fingerprint density at radius 1 is 1.13 bits per heavy atom. The van der Waals surface area contributed by atoms with E-state index in [1.807, 2.05) is 0 Å². The zero-order valence-electron chi connectivity index (χ0n) is 12.4. The Morgan fingerprint density at radius 3 is 2.35 bits per heavy atom. The van der Waals surface area contributed by atoms with E-state index >= 15 is 0 Å². The molecule has 8 heteroatoms. The highest BCUT2D eigenvalue weighted by Crippen LogP contribution is 2.32. The second-order valence-electron chi connectivity index (χ2n) is 4.82. The highest BCUT2D eigenvalue weighted by atomic mass is 32.2. The van der Waals surface area contributed by atoms with Crippen molar-refractivity contribution in [2.24, 2.45) is 0 Å². The smallest absolute Gasteiger partial charge is 0.290 e. The summed E-state index contributed by atoms with van der Waals surface area (Å²) in [5, 5.41) is 20.4. The molecule has 0 radical (unpaired) electrons. The number of rotatable bonds is 6. The van der Waals surface area contributed by atoms with Crippen LogP contribution in [0.25, 0.3) is 0 Å². The third-order valence-corrected chi connectivity index (χ3v) is 5.30. The van der Waals surface area contributed by atoms with Crippen molar-refractivity contribution in [3.63, 3.8) is 0 Å². The molecule has 2 rings (SSSR count). The van der Waals surface area contributed by atoms with Crippen LogP contribution in [0, 0.1) is 17.0 Å². The van der Waals surface area contributed by atoms with Gasteiger partial charge in [0.05, 0.1) is 23.8 Å². The number of benzene rings is 2. The SMILES string of the molecule is Cc1cccc([N+](=O)[O-])c1S(=O)(=O)N(CCO)c1ccccc1. The zero-order valence-corrected chi connectivity index (χ0v) is 13.2. The standard InChI is InChI=1S/C15H16N2O5S/c1-12-6-5-9-14(17(19)20)15(12)23(21,22)16(10-11-18)13-7-3-2-4-8-13/h2-9,18H,10-11H2,1H3. The Labute approximate surface area is 134 Å².